The van der Waals surface area contributed by atoms with Crippen LogP contribution in [0.25, 0.3) is 11.1 Å². The predicted molar refractivity (Wildman–Crippen MR) is 214 cm³/mol. The van der Waals surface area contributed by atoms with Crippen LogP contribution in [0.1, 0.15) is 85.6 Å². The van der Waals surface area contributed by atoms with E-state index in [-0.39, 0.29) is 53.1 Å². The third-order valence-electron chi connectivity index (χ3n) is 11.6. The number of amides is 3. The number of para-hydroxylation sites is 1. The van der Waals surface area contributed by atoms with Crippen molar-refractivity contribution >= 4 is 44.8 Å². The fourth-order valence-corrected chi connectivity index (χ4v) is 7.80. The lowest BCUT2D eigenvalue weighted by atomic mass is 9.55. The maximum atomic E-state index is 13.2. The Morgan fingerprint density at radius 2 is 1.75 bits per heavy atom. The van der Waals surface area contributed by atoms with E-state index in [0.717, 1.165) is 73.1 Å². The SMILES string of the molecule is [B]C([B])(c1cccc(C(=O)N(C)C2CC2)c1)N1CC(n2ncc3c2C(CC)N(C)c2c(NC(/C=C(\N)NC(=O)C4CC4)=C(/N)C(=O)NC4CC4)cccc2-3)C1. The zero-order valence-electron chi connectivity index (χ0n) is 31.7. The molecule has 55 heavy (non-hydrogen) atoms. The summed E-state index contributed by atoms with van der Waals surface area (Å²) in [5, 5.41) is 12.8. The van der Waals surface area contributed by atoms with Crippen molar-refractivity contribution < 1.29 is 14.4 Å². The number of nitrogens with two attached hydrogens (primary N) is 2. The highest BCUT2D eigenvalue weighted by atomic mass is 16.2. The van der Waals surface area contributed by atoms with Gasteiger partial charge in [-0.25, -0.2) is 0 Å². The van der Waals surface area contributed by atoms with Gasteiger partial charge < -0.3 is 42.1 Å². The molecule has 3 amide bonds. The standard InChI is InChI=1S/C40H48B2N10O3/c1-4-32-36-29(19-45-52(36)27-20-51(21-27)40(41,42)24-8-5-7-23(17-24)39(55)49(2)26-15-16-26)28-9-6-10-30(35(28)50(32)3)47-31(34(44)38(54)46-25-13-14-25)18-33(43)48-37(53)22-11-12-22/h5-10,17-19,22,25-27,32,47H,4,11-16,20-21,43-44H2,1-3H3,(H,46,54)(H,48,53)/b33-18+,34-31+. The van der Waals surface area contributed by atoms with Crippen LogP contribution in [0.5, 0.6) is 0 Å². The molecule has 1 saturated heterocycles. The number of carbonyl (C=O) groups is 3. The molecule has 2 aliphatic heterocycles. The van der Waals surface area contributed by atoms with Crippen molar-refractivity contribution in [2.45, 2.75) is 81.4 Å². The van der Waals surface area contributed by atoms with Crippen LogP contribution in [-0.2, 0) is 14.9 Å². The molecule has 0 bridgehead atoms. The van der Waals surface area contributed by atoms with Crippen molar-refractivity contribution in [2.24, 2.45) is 17.4 Å². The number of carbonyl (C=O) groups excluding carboxylic acids is 3. The molecule has 1 atom stereocenters. The van der Waals surface area contributed by atoms with Crippen LogP contribution in [0.2, 0.25) is 0 Å². The first kappa shape index (κ1) is 36.8. The first-order chi connectivity index (χ1) is 26.3. The molecule has 0 spiro atoms. The molecule has 4 radical (unpaired) electrons. The summed E-state index contributed by atoms with van der Waals surface area (Å²) in [5.74, 6) is -0.497. The van der Waals surface area contributed by atoms with Crippen molar-refractivity contribution in [3.05, 3.63) is 88.8 Å². The van der Waals surface area contributed by atoms with Gasteiger partial charge in [-0.05, 0) is 74.0 Å². The van der Waals surface area contributed by atoms with E-state index in [4.69, 9.17) is 32.3 Å². The number of fused-ring (bicyclic) bond motifs is 3. The summed E-state index contributed by atoms with van der Waals surface area (Å²) >= 11 is 0. The minimum absolute atomic E-state index is 0.0223. The van der Waals surface area contributed by atoms with Gasteiger partial charge in [0.15, 0.2) is 0 Å². The number of benzene rings is 2. The molecule has 1 aromatic heterocycles. The highest BCUT2D eigenvalue weighted by Gasteiger charge is 2.42. The molecule has 5 aliphatic rings. The highest BCUT2D eigenvalue weighted by Crippen LogP contribution is 2.50. The quantitative estimate of drug-likeness (QED) is 0.101. The molecule has 282 valence electrons. The van der Waals surface area contributed by atoms with Crippen LogP contribution in [0.3, 0.4) is 0 Å². The van der Waals surface area contributed by atoms with E-state index in [2.05, 4.69) is 45.6 Å². The van der Waals surface area contributed by atoms with Gasteiger partial charge in [-0.1, -0.05) is 31.2 Å². The van der Waals surface area contributed by atoms with Crippen molar-refractivity contribution in [3.8, 4) is 11.1 Å². The fourth-order valence-electron chi connectivity index (χ4n) is 7.80. The molecular weight excluding hydrogens is 690 g/mol. The zero-order valence-corrected chi connectivity index (χ0v) is 31.7. The molecule has 3 heterocycles. The Bertz CT molecular complexity index is 2090. The molecule has 4 fully saturated rings. The normalized spacial score (nSPS) is 20.5. The molecule has 3 aromatic rings. The number of hydrogen-bond donors (Lipinski definition) is 5. The average Bonchev–Trinajstić information content (AvgIpc) is 4.01. The predicted octanol–water partition coefficient (Wildman–Crippen LogP) is 2.88. The molecule has 1 unspecified atom stereocenters. The second-order valence-electron chi connectivity index (χ2n) is 15.8. The number of nitrogens with one attached hydrogen (secondary N) is 3. The minimum atomic E-state index is -1.27. The number of rotatable bonds is 13. The second-order valence-corrected chi connectivity index (χ2v) is 15.8. The second kappa shape index (κ2) is 14.2. The van der Waals surface area contributed by atoms with Gasteiger partial charge in [0.05, 0.1) is 56.7 Å². The number of anilines is 2. The third kappa shape index (κ3) is 7.10. The summed E-state index contributed by atoms with van der Waals surface area (Å²) in [7, 11) is 17.5. The topological polar surface area (TPSA) is 167 Å². The lowest BCUT2D eigenvalue weighted by Crippen LogP contribution is -2.59. The van der Waals surface area contributed by atoms with Gasteiger partial charge >= 0.3 is 0 Å². The fraction of sp³-hybridized carbons (Fsp3) is 0.450. The van der Waals surface area contributed by atoms with Gasteiger partial charge in [0.1, 0.15) is 11.5 Å². The third-order valence-corrected chi connectivity index (χ3v) is 11.6. The Balaban J connectivity index is 1.05. The van der Waals surface area contributed by atoms with Gasteiger partial charge in [-0.2, -0.15) is 5.10 Å². The molecule has 2 aromatic carbocycles. The Hall–Kier alpha value is -5.17. The van der Waals surface area contributed by atoms with Crippen LogP contribution < -0.4 is 32.3 Å². The average molecular weight is 739 g/mol. The van der Waals surface area contributed by atoms with E-state index >= 15 is 0 Å². The van der Waals surface area contributed by atoms with Crippen molar-refractivity contribution in [2.75, 3.05) is 37.4 Å². The Morgan fingerprint density at radius 1 is 1.02 bits per heavy atom. The van der Waals surface area contributed by atoms with Crippen LogP contribution >= 0.6 is 0 Å². The van der Waals surface area contributed by atoms with E-state index in [1.807, 2.05) is 54.5 Å². The van der Waals surface area contributed by atoms with E-state index in [1.165, 1.54) is 6.08 Å². The molecule has 3 saturated carbocycles. The van der Waals surface area contributed by atoms with Crippen LogP contribution in [-0.4, -0.2) is 92.3 Å². The monoisotopic (exact) mass is 738 g/mol. The summed E-state index contributed by atoms with van der Waals surface area (Å²) in [6.45, 7) is 3.31. The zero-order chi connectivity index (χ0) is 38.8. The summed E-state index contributed by atoms with van der Waals surface area (Å²) in [6, 6.07) is 13.7. The van der Waals surface area contributed by atoms with Gasteiger partial charge in [-0.3, -0.25) is 19.1 Å². The van der Waals surface area contributed by atoms with Crippen LogP contribution in [0.15, 0.2) is 72.0 Å². The first-order valence-electron chi connectivity index (χ1n) is 19.3. The first-order valence-corrected chi connectivity index (χ1v) is 19.3. The number of aromatic nitrogens is 2. The molecule has 15 heteroatoms. The van der Waals surface area contributed by atoms with Gasteiger partial charge in [0.25, 0.3) is 11.8 Å². The van der Waals surface area contributed by atoms with E-state index < -0.39 is 11.2 Å². The van der Waals surface area contributed by atoms with Crippen molar-refractivity contribution in [1.82, 2.24) is 30.2 Å². The van der Waals surface area contributed by atoms with Gasteiger partial charge in [0, 0.05) is 68.0 Å². The van der Waals surface area contributed by atoms with E-state index in [0.29, 0.717) is 30.3 Å². The number of hydrogen-bond acceptors (Lipinski definition) is 9. The summed E-state index contributed by atoms with van der Waals surface area (Å²) in [4.78, 5) is 44.8. The smallest absolute Gasteiger partial charge is 0.269 e. The summed E-state index contributed by atoms with van der Waals surface area (Å²) in [6.07, 6.45) is 9.79. The Labute approximate surface area is 324 Å². The number of allylic oxidation sites excluding steroid dienone is 1. The maximum absolute atomic E-state index is 13.2. The van der Waals surface area contributed by atoms with Crippen molar-refractivity contribution in [1.29, 1.82) is 0 Å². The highest BCUT2D eigenvalue weighted by molar-refractivity contribution is 6.39. The molecular formula is C40H48B2N10O3. The minimum Gasteiger partial charge on any atom is -0.393 e. The molecule has 8 rings (SSSR count). The van der Waals surface area contributed by atoms with Crippen molar-refractivity contribution in [3.63, 3.8) is 0 Å². The lowest BCUT2D eigenvalue weighted by Gasteiger charge is -2.51. The number of nitrogens with zero attached hydrogens (tertiary/aromatic N) is 5. The summed E-state index contributed by atoms with van der Waals surface area (Å²) < 4.78 is 2.11. The Kier molecular flexibility index (Phi) is 9.47. The van der Waals surface area contributed by atoms with Crippen LogP contribution in [0.4, 0.5) is 11.4 Å². The summed E-state index contributed by atoms with van der Waals surface area (Å²) in [5.41, 5.74) is 19.0. The van der Waals surface area contributed by atoms with Gasteiger partial charge in [0.2, 0.25) is 5.91 Å². The van der Waals surface area contributed by atoms with E-state index in [1.54, 1.807) is 4.90 Å². The number of likely N-dealkylation sites (tertiary alicyclic amines) is 1. The lowest BCUT2D eigenvalue weighted by molar-refractivity contribution is -0.121. The molecule has 7 N–H and O–H groups in total. The van der Waals surface area contributed by atoms with E-state index in [9.17, 15) is 14.4 Å². The van der Waals surface area contributed by atoms with Crippen LogP contribution in [0, 0.1) is 5.92 Å². The molecule has 13 nitrogen and oxygen atoms in total. The largest absolute Gasteiger partial charge is 0.393 e. The van der Waals surface area contributed by atoms with Gasteiger partial charge in [-0.15, -0.1) is 0 Å². The Morgan fingerprint density at radius 3 is 2.42 bits per heavy atom. The maximum Gasteiger partial charge on any atom is 0.269 e. The molecule has 3 aliphatic carbocycles.